The molecule has 0 aliphatic rings. The second-order valence-electron chi connectivity index (χ2n) is 6.24. The number of hydrogen-bond acceptors (Lipinski definition) is 7. The van der Waals surface area contributed by atoms with E-state index in [1.807, 2.05) is 35.9 Å². The molecule has 4 aromatic rings. The number of aromatic nitrogens is 5. The number of ether oxygens (including phenoxy) is 1. The van der Waals surface area contributed by atoms with Crippen molar-refractivity contribution in [3.05, 3.63) is 57.8 Å². The van der Waals surface area contributed by atoms with E-state index in [0.717, 1.165) is 16.9 Å². The number of benzene rings is 1. The molecule has 0 radical (unpaired) electrons. The van der Waals surface area contributed by atoms with E-state index in [1.165, 1.54) is 24.9 Å². The molecule has 142 valence electrons. The number of rotatable bonds is 4. The number of fused-ring (bicyclic) bond motifs is 2. The van der Waals surface area contributed by atoms with Gasteiger partial charge in [0, 0.05) is 12.7 Å². The predicted molar refractivity (Wildman–Crippen MR) is 107 cm³/mol. The van der Waals surface area contributed by atoms with Crippen LogP contribution in [-0.4, -0.2) is 37.6 Å². The minimum absolute atomic E-state index is 0.129. The molecule has 0 spiro atoms. The van der Waals surface area contributed by atoms with Crippen LogP contribution in [-0.2, 0) is 17.5 Å². The number of pyridine rings is 1. The van der Waals surface area contributed by atoms with Crippen LogP contribution in [0.2, 0.25) is 0 Å². The summed E-state index contributed by atoms with van der Waals surface area (Å²) in [5.41, 5.74) is 2.49. The van der Waals surface area contributed by atoms with Crippen LogP contribution >= 0.6 is 11.8 Å². The Morgan fingerprint density at radius 3 is 2.79 bits per heavy atom. The minimum Gasteiger partial charge on any atom is -0.465 e. The first-order chi connectivity index (χ1) is 13.5. The molecule has 0 fully saturated rings. The first-order valence-corrected chi connectivity index (χ1v) is 9.49. The summed E-state index contributed by atoms with van der Waals surface area (Å²) in [7, 11) is 3.22. The van der Waals surface area contributed by atoms with E-state index in [9.17, 15) is 9.59 Å². The van der Waals surface area contributed by atoms with Gasteiger partial charge < -0.3 is 14.3 Å². The zero-order chi connectivity index (χ0) is 19.8. The number of aryl methyl sites for hydroxylation is 2. The van der Waals surface area contributed by atoms with Gasteiger partial charge in [0.2, 0.25) is 0 Å². The van der Waals surface area contributed by atoms with Gasteiger partial charge in [-0.15, -0.1) is 0 Å². The van der Waals surface area contributed by atoms with Gasteiger partial charge in [0.05, 0.1) is 34.8 Å². The monoisotopic (exact) mass is 395 g/mol. The summed E-state index contributed by atoms with van der Waals surface area (Å²) in [5, 5.41) is 0.544. The van der Waals surface area contributed by atoms with Gasteiger partial charge in [0.25, 0.3) is 5.56 Å². The van der Waals surface area contributed by atoms with Crippen molar-refractivity contribution >= 4 is 39.8 Å². The van der Waals surface area contributed by atoms with Gasteiger partial charge in [-0.1, -0.05) is 23.9 Å². The minimum atomic E-state index is -0.595. The van der Waals surface area contributed by atoms with Crippen LogP contribution in [0.1, 0.15) is 21.9 Å². The molecule has 3 aromatic heterocycles. The Bertz CT molecular complexity index is 1280. The number of para-hydroxylation sites is 2. The number of aromatic amines is 1. The van der Waals surface area contributed by atoms with Gasteiger partial charge >= 0.3 is 5.97 Å². The maximum absolute atomic E-state index is 12.6. The molecule has 28 heavy (non-hydrogen) atoms. The third kappa shape index (κ3) is 3.13. The number of thioether (sulfide) groups is 1. The second-order valence-corrected chi connectivity index (χ2v) is 7.20. The lowest BCUT2D eigenvalue weighted by Gasteiger charge is -2.07. The molecule has 0 aliphatic heterocycles. The summed E-state index contributed by atoms with van der Waals surface area (Å²) >= 11 is 1.35. The fourth-order valence-corrected chi connectivity index (χ4v) is 3.88. The topological polar surface area (TPSA) is 103 Å². The smallest absolute Gasteiger partial charge is 0.338 e. The molecule has 0 bridgehead atoms. The van der Waals surface area contributed by atoms with Crippen molar-refractivity contribution in [1.29, 1.82) is 0 Å². The molecule has 4 rings (SSSR count). The maximum Gasteiger partial charge on any atom is 0.338 e. The van der Waals surface area contributed by atoms with Crippen molar-refractivity contribution < 1.29 is 9.53 Å². The number of carbonyl (C=O) groups is 1. The van der Waals surface area contributed by atoms with Gasteiger partial charge in [-0.3, -0.25) is 4.79 Å². The van der Waals surface area contributed by atoms with Gasteiger partial charge in [-0.2, -0.15) is 0 Å². The number of carbonyl (C=O) groups excluding carboxylic acids is 1. The quantitative estimate of drug-likeness (QED) is 0.322. The van der Waals surface area contributed by atoms with Crippen LogP contribution in [0.15, 0.2) is 40.3 Å². The lowest BCUT2D eigenvalue weighted by atomic mass is 10.1. The highest BCUT2D eigenvalue weighted by Crippen LogP contribution is 2.23. The maximum atomic E-state index is 12.6. The molecule has 3 heterocycles. The number of nitrogens with one attached hydrogen (secondary N) is 1. The number of H-pyrrole nitrogens is 1. The van der Waals surface area contributed by atoms with E-state index in [-0.39, 0.29) is 16.6 Å². The molecule has 1 aromatic carbocycles. The molecule has 0 aliphatic carbocycles. The number of hydrogen-bond donors (Lipinski definition) is 1. The summed E-state index contributed by atoms with van der Waals surface area (Å²) in [4.78, 5) is 40.7. The Balaban J connectivity index is 1.70. The number of esters is 1. The summed E-state index contributed by atoms with van der Waals surface area (Å²) < 4.78 is 6.78. The normalized spacial score (nSPS) is 11.2. The summed E-state index contributed by atoms with van der Waals surface area (Å²) in [5.74, 6) is 0.791. The number of methoxy groups -OCH3 is 1. The fraction of sp³-hybridized carbons (Fsp3) is 0.211. The standard InChI is InChI=1S/C19H17N5O3S/c1-10-8-11(18(26)27-3)15-16(20-10)22-19(23-17(15)25)28-9-14-21-12-6-4-5-7-13(12)24(14)2/h4-8H,9H2,1-3H3,(H,20,22,23,25). The average molecular weight is 395 g/mol. The molecule has 0 atom stereocenters. The van der Waals surface area contributed by atoms with Crippen LogP contribution in [0, 0.1) is 6.92 Å². The molecule has 9 heteroatoms. The molecule has 0 saturated heterocycles. The van der Waals surface area contributed by atoms with Crippen LogP contribution in [0.5, 0.6) is 0 Å². The summed E-state index contributed by atoms with van der Waals surface area (Å²) in [6, 6.07) is 9.41. The van der Waals surface area contributed by atoms with E-state index >= 15 is 0 Å². The summed E-state index contributed by atoms with van der Waals surface area (Å²) in [6.07, 6.45) is 0. The molecular formula is C19H17N5O3S. The van der Waals surface area contributed by atoms with Crippen molar-refractivity contribution in [3.8, 4) is 0 Å². The zero-order valence-corrected chi connectivity index (χ0v) is 16.3. The molecule has 0 unspecified atom stereocenters. The third-order valence-electron chi connectivity index (χ3n) is 4.41. The van der Waals surface area contributed by atoms with Crippen molar-refractivity contribution in [2.75, 3.05) is 7.11 Å². The predicted octanol–water partition coefficient (Wildman–Crippen LogP) is 2.59. The van der Waals surface area contributed by atoms with Crippen molar-refractivity contribution in [1.82, 2.24) is 24.5 Å². The Hall–Kier alpha value is -3.20. The lowest BCUT2D eigenvalue weighted by molar-refractivity contribution is 0.0602. The van der Waals surface area contributed by atoms with Gasteiger partial charge in [-0.25, -0.2) is 19.7 Å². The molecule has 0 saturated carbocycles. The van der Waals surface area contributed by atoms with Gasteiger partial charge in [-0.05, 0) is 25.1 Å². The van der Waals surface area contributed by atoms with Crippen LogP contribution in [0.3, 0.4) is 0 Å². The largest absolute Gasteiger partial charge is 0.465 e. The number of nitrogens with zero attached hydrogens (tertiary/aromatic N) is 4. The average Bonchev–Trinajstić information content (AvgIpc) is 3.00. The molecule has 8 nitrogen and oxygen atoms in total. The molecular weight excluding hydrogens is 378 g/mol. The highest BCUT2D eigenvalue weighted by atomic mass is 32.2. The SMILES string of the molecule is COC(=O)c1cc(C)nc2nc(SCc3nc4ccccc4n3C)[nH]c(=O)c12. The lowest BCUT2D eigenvalue weighted by Crippen LogP contribution is -2.16. The van der Waals surface area contributed by atoms with Crippen molar-refractivity contribution in [3.63, 3.8) is 0 Å². The van der Waals surface area contributed by atoms with Crippen molar-refractivity contribution in [2.24, 2.45) is 7.05 Å². The molecule has 1 N–H and O–H groups in total. The first-order valence-electron chi connectivity index (χ1n) is 8.51. The van der Waals surface area contributed by atoms with Crippen molar-refractivity contribution in [2.45, 2.75) is 17.8 Å². The van der Waals surface area contributed by atoms with E-state index in [0.29, 0.717) is 16.6 Å². The van der Waals surface area contributed by atoms with E-state index < -0.39 is 11.5 Å². The summed E-state index contributed by atoms with van der Waals surface area (Å²) in [6.45, 7) is 1.74. The fourth-order valence-electron chi connectivity index (χ4n) is 3.04. The number of imidazole rings is 1. The van der Waals surface area contributed by atoms with Crippen LogP contribution in [0.25, 0.3) is 22.1 Å². The van der Waals surface area contributed by atoms with E-state index in [1.54, 1.807) is 6.92 Å². The highest BCUT2D eigenvalue weighted by Gasteiger charge is 2.18. The Morgan fingerprint density at radius 1 is 1.25 bits per heavy atom. The van der Waals surface area contributed by atoms with E-state index in [4.69, 9.17) is 4.74 Å². The third-order valence-corrected chi connectivity index (χ3v) is 5.28. The Labute approximate surface area is 164 Å². The first kappa shape index (κ1) is 18.2. The highest BCUT2D eigenvalue weighted by molar-refractivity contribution is 7.98. The van der Waals surface area contributed by atoms with E-state index in [2.05, 4.69) is 19.9 Å². The second kappa shape index (κ2) is 7.08. The Kier molecular flexibility index (Phi) is 4.60. The van der Waals surface area contributed by atoms with Gasteiger partial charge in [0.15, 0.2) is 10.8 Å². The van der Waals surface area contributed by atoms with Crippen LogP contribution in [0.4, 0.5) is 0 Å². The molecule has 0 amide bonds. The zero-order valence-electron chi connectivity index (χ0n) is 15.5. The van der Waals surface area contributed by atoms with Crippen LogP contribution < -0.4 is 5.56 Å². The van der Waals surface area contributed by atoms with Gasteiger partial charge in [0.1, 0.15) is 5.82 Å². The Morgan fingerprint density at radius 2 is 2.04 bits per heavy atom.